The number of carbonyl (C=O) groups is 2. The van der Waals surface area contributed by atoms with Crippen molar-refractivity contribution in [3.05, 3.63) is 29.8 Å². The van der Waals surface area contributed by atoms with Crippen molar-refractivity contribution in [3.8, 4) is 0 Å². The summed E-state index contributed by atoms with van der Waals surface area (Å²) in [5.41, 5.74) is 6.61. The van der Waals surface area contributed by atoms with Crippen molar-refractivity contribution in [1.82, 2.24) is 5.32 Å². The molecule has 0 aromatic heterocycles. The minimum atomic E-state index is -1.18. The molecule has 1 atom stereocenters. The number of nitrogens with two attached hydrogens (primary N) is 1. The van der Waals surface area contributed by atoms with Gasteiger partial charge >= 0.3 is 0 Å². The number of hydrogen-bond donors (Lipinski definition) is 4. The molecule has 1 rings (SSSR count). The van der Waals surface area contributed by atoms with Crippen LogP contribution in [0.3, 0.4) is 0 Å². The van der Waals surface area contributed by atoms with Gasteiger partial charge in [0.25, 0.3) is 0 Å². The van der Waals surface area contributed by atoms with E-state index in [1.54, 1.807) is 12.1 Å². The van der Waals surface area contributed by atoms with Crippen LogP contribution in [0.5, 0.6) is 0 Å². The summed E-state index contributed by atoms with van der Waals surface area (Å²) in [6.45, 7) is 2.06. The summed E-state index contributed by atoms with van der Waals surface area (Å²) in [6, 6.07) is 7.25. The average Bonchev–Trinajstić information content (AvgIpc) is 2.30. The fraction of sp³-hybridized carbons (Fsp3) is 0.333. The van der Waals surface area contributed by atoms with Gasteiger partial charge in [0.2, 0.25) is 11.8 Å². The Labute approximate surface area is 105 Å². The molecule has 6 heteroatoms. The first-order valence-corrected chi connectivity index (χ1v) is 5.53. The summed E-state index contributed by atoms with van der Waals surface area (Å²) in [5, 5.41) is 14.7. The number of amides is 2. The van der Waals surface area contributed by atoms with Crippen LogP contribution in [0.1, 0.15) is 12.5 Å². The standard InChI is InChI=1S/C12H17N3O3/c1-8(16)15-10-4-2-9(3-5-10)6-14-7-11(17)12(13)18/h2-5,11,14,17H,6-7H2,1H3,(H2,13,18)(H,15,16). The Morgan fingerprint density at radius 2 is 1.94 bits per heavy atom. The van der Waals surface area contributed by atoms with Crippen LogP contribution in [0.25, 0.3) is 0 Å². The van der Waals surface area contributed by atoms with Crippen LogP contribution in [0.2, 0.25) is 0 Å². The van der Waals surface area contributed by atoms with Crippen LogP contribution >= 0.6 is 0 Å². The molecule has 0 saturated heterocycles. The number of rotatable bonds is 6. The normalized spacial score (nSPS) is 11.9. The van der Waals surface area contributed by atoms with Crippen molar-refractivity contribution in [1.29, 1.82) is 0 Å². The Hall–Kier alpha value is -1.92. The molecule has 0 aliphatic rings. The summed E-state index contributed by atoms with van der Waals surface area (Å²) in [6.07, 6.45) is -1.18. The van der Waals surface area contributed by atoms with Crippen LogP contribution in [-0.2, 0) is 16.1 Å². The van der Waals surface area contributed by atoms with Gasteiger partial charge in [0.15, 0.2) is 0 Å². The molecule has 98 valence electrons. The van der Waals surface area contributed by atoms with E-state index in [4.69, 9.17) is 10.8 Å². The Bertz CT molecular complexity index is 417. The summed E-state index contributed by atoms with van der Waals surface area (Å²) < 4.78 is 0. The smallest absolute Gasteiger partial charge is 0.247 e. The van der Waals surface area contributed by atoms with Crippen molar-refractivity contribution >= 4 is 17.5 Å². The third kappa shape index (κ3) is 4.94. The minimum Gasteiger partial charge on any atom is -0.382 e. The lowest BCUT2D eigenvalue weighted by molar-refractivity contribution is -0.125. The maximum absolute atomic E-state index is 10.8. The Balaban J connectivity index is 2.39. The lowest BCUT2D eigenvalue weighted by Crippen LogP contribution is -2.37. The van der Waals surface area contributed by atoms with Crippen molar-refractivity contribution in [2.75, 3.05) is 11.9 Å². The summed E-state index contributed by atoms with van der Waals surface area (Å²) in [5.74, 6) is -0.867. The van der Waals surface area contributed by atoms with Gasteiger partial charge in [0.1, 0.15) is 6.10 Å². The molecule has 0 fully saturated rings. The minimum absolute atomic E-state index is 0.114. The Morgan fingerprint density at radius 1 is 1.33 bits per heavy atom. The Kier molecular flexibility index (Phi) is 5.29. The molecule has 0 bridgehead atoms. The van der Waals surface area contributed by atoms with Crippen LogP contribution in [0, 0.1) is 0 Å². The number of anilines is 1. The van der Waals surface area contributed by atoms with Gasteiger partial charge in [-0.25, -0.2) is 0 Å². The van der Waals surface area contributed by atoms with E-state index < -0.39 is 12.0 Å². The van der Waals surface area contributed by atoms with Gasteiger partial charge < -0.3 is 21.5 Å². The summed E-state index contributed by atoms with van der Waals surface area (Å²) in [7, 11) is 0. The molecular formula is C12H17N3O3. The molecule has 0 aliphatic carbocycles. The van der Waals surface area contributed by atoms with E-state index in [1.165, 1.54) is 6.92 Å². The van der Waals surface area contributed by atoms with Crippen molar-refractivity contribution in [3.63, 3.8) is 0 Å². The van der Waals surface area contributed by atoms with Crippen LogP contribution in [0.15, 0.2) is 24.3 Å². The van der Waals surface area contributed by atoms with E-state index in [9.17, 15) is 9.59 Å². The molecule has 5 N–H and O–H groups in total. The average molecular weight is 251 g/mol. The maximum atomic E-state index is 10.8. The second-order valence-electron chi connectivity index (χ2n) is 3.93. The number of aliphatic hydroxyl groups excluding tert-OH is 1. The van der Waals surface area contributed by atoms with E-state index in [1.807, 2.05) is 12.1 Å². The van der Waals surface area contributed by atoms with Gasteiger partial charge in [-0.05, 0) is 17.7 Å². The molecule has 18 heavy (non-hydrogen) atoms. The molecule has 2 amide bonds. The fourth-order valence-corrected chi connectivity index (χ4v) is 1.36. The zero-order valence-corrected chi connectivity index (χ0v) is 10.1. The number of hydrogen-bond acceptors (Lipinski definition) is 4. The fourth-order valence-electron chi connectivity index (χ4n) is 1.36. The predicted octanol–water partition coefficient (Wildman–Crippen LogP) is -0.419. The molecule has 1 aromatic rings. The molecular weight excluding hydrogens is 234 g/mol. The molecule has 0 saturated carbocycles. The molecule has 0 spiro atoms. The van der Waals surface area contributed by atoms with Crippen molar-refractivity contribution < 1.29 is 14.7 Å². The molecule has 1 aromatic carbocycles. The highest BCUT2D eigenvalue weighted by atomic mass is 16.3. The summed E-state index contributed by atoms with van der Waals surface area (Å²) >= 11 is 0. The topological polar surface area (TPSA) is 104 Å². The van der Waals surface area contributed by atoms with Crippen LogP contribution < -0.4 is 16.4 Å². The van der Waals surface area contributed by atoms with Gasteiger partial charge in [-0.2, -0.15) is 0 Å². The van der Waals surface area contributed by atoms with Crippen LogP contribution in [-0.4, -0.2) is 29.6 Å². The zero-order valence-electron chi connectivity index (χ0n) is 10.1. The molecule has 6 nitrogen and oxygen atoms in total. The van der Waals surface area contributed by atoms with Gasteiger partial charge in [-0.3, -0.25) is 9.59 Å². The second-order valence-corrected chi connectivity index (χ2v) is 3.93. The number of carbonyl (C=O) groups excluding carboxylic acids is 2. The summed E-state index contributed by atoms with van der Waals surface area (Å²) in [4.78, 5) is 21.4. The van der Waals surface area contributed by atoms with Gasteiger partial charge in [-0.15, -0.1) is 0 Å². The van der Waals surface area contributed by atoms with Crippen molar-refractivity contribution in [2.24, 2.45) is 5.73 Å². The van der Waals surface area contributed by atoms with Crippen LogP contribution in [0.4, 0.5) is 5.69 Å². The van der Waals surface area contributed by atoms with E-state index in [2.05, 4.69) is 10.6 Å². The van der Waals surface area contributed by atoms with Gasteiger partial charge in [0, 0.05) is 25.7 Å². The molecule has 1 unspecified atom stereocenters. The lowest BCUT2D eigenvalue weighted by atomic mass is 10.2. The first kappa shape index (κ1) is 14.1. The molecule has 0 heterocycles. The number of benzene rings is 1. The third-order valence-electron chi connectivity index (χ3n) is 2.27. The van der Waals surface area contributed by atoms with E-state index >= 15 is 0 Å². The first-order valence-electron chi connectivity index (χ1n) is 5.53. The Morgan fingerprint density at radius 3 is 2.44 bits per heavy atom. The first-order chi connectivity index (χ1) is 8.49. The number of nitrogens with one attached hydrogen (secondary N) is 2. The SMILES string of the molecule is CC(=O)Nc1ccc(CNCC(O)C(N)=O)cc1. The van der Waals surface area contributed by atoms with E-state index in [0.29, 0.717) is 6.54 Å². The molecule has 0 radical (unpaired) electrons. The highest BCUT2D eigenvalue weighted by Gasteiger charge is 2.09. The molecule has 0 aliphatic heterocycles. The lowest BCUT2D eigenvalue weighted by Gasteiger charge is -2.09. The zero-order chi connectivity index (χ0) is 13.5. The van der Waals surface area contributed by atoms with Crippen molar-refractivity contribution in [2.45, 2.75) is 19.6 Å². The highest BCUT2D eigenvalue weighted by Crippen LogP contribution is 2.09. The van der Waals surface area contributed by atoms with E-state index in [0.717, 1.165) is 11.3 Å². The second kappa shape index (κ2) is 6.73. The number of aliphatic hydroxyl groups is 1. The quantitative estimate of drug-likeness (QED) is 0.551. The predicted molar refractivity (Wildman–Crippen MR) is 67.7 cm³/mol. The van der Waals surface area contributed by atoms with Gasteiger partial charge in [0.05, 0.1) is 0 Å². The highest BCUT2D eigenvalue weighted by molar-refractivity contribution is 5.88. The largest absolute Gasteiger partial charge is 0.382 e. The van der Waals surface area contributed by atoms with E-state index in [-0.39, 0.29) is 12.5 Å². The monoisotopic (exact) mass is 251 g/mol. The maximum Gasteiger partial charge on any atom is 0.247 e. The third-order valence-corrected chi connectivity index (χ3v) is 2.27. The number of primary amides is 1. The van der Waals surface area contributed by atoms with Gasteiger partial charge in [-0.1, -0.05) is 12.1 Å².